The molecule has 0 radical (unpaired) electrons. The van der Waals surface area contributed by atoms with E-state index in [2.05, 4.69) is 34.6 Å². The lowest BCUT2D eigenvalue weighted by molar-refractivity contribution is 0.0942. The van der Waals surface area contributed by atoms with Crippen molar-refractivity contribution in [3.63, 3.8) is 0 Å². The average molecular weight is 391 g/mol. The fraction of sp³-hybridized carbons (Fsp3) is 0.364. The Hall–Kier alpha value is -3.22. The van der Waals surface area contributed by atoms with Gasteiger partial charge in [-0.25, -0.2) is 4.68 Å². The molecule has 29 heavy (non-hydrogen) atoms. The molecule has 0 spiro atoms. The number of carbonyl (C=O) groups excluding carboxylic acids is 1. The first-order valence-electron chi connectivity index (χ1n) is 10.0. The molecule has 0 saturated heterocycles. The van der Waals surface area contributed by atoms with E-state index < -0.39 is 0 Å². The highest BCUT2D eigenvalue weighted by molar-refractivity contribution is 5.93. The van der Waals surface area contributed by atoms with Gasteiger partial charge in [0.15, 0.2) is 0 Å². The smallest absolute Gasteiger partial charge is 0.269 e. The molecule has 1 saturated carbocycles. The Morgan fingerprint density at radius 2 is 1.90 bits per heavy atom. The molecule has 1 aliphatic carbocycles. The number of rotatable bonds is 7. The van der Waals surface area contributed by atoms with Crippen LogP contribution in [0.3, 0.4) is 0 Å². The van der Waals surface area contributed by atoms with Gasteiger partial charge in [-0.2, -0.15) is 10.2 Å². The van der Waals surface area contributed by atoms with Gasteiger partial charge in [0.05, 0.1) is 17.9 Å². The van der Waals surface area contributed by atoms with Gasteiger partial charge in [0.25, 0.3) is 11.5 Å². The third-order valence-corrected chi connectivity index (χ3v) is 5.26. The van der Waals surface area contributed by atoms with Crippen molar-refractivity contribution in [2.75, 3.05) is 6.54 Å². The first-order valence-corrected chi connectivity index (χ1v) is 10.0. The van der Waals surface area contributed by atoms with Gasteiger partial charge in [0.1, 0.15) is 5.69 Å². The van der Waals surface area contributed by atoms with Crippen LogP contribution in [0.1, 0.15) is 47.4 Å². The summed E-state index contributed by atoms with van der Waals surface area (Å²) >= 11 is 0. The van der Waals surface area contributed by atoms with Crippen LogP contribution >= 0.6 is 0 Å². The van der Waals surface area contributed by atoms with Crippen molar-refractivity contribution in [3.8, 4) is 11.3 Å². The zero-order valence-electron chi connectivity index (χ0n) is 16.8. The highest BCUT2D eigenvalue weighted by Crippen LogP contribution is 2.38. The first-order chi connectivity index (χ1) is 14.0. The molecular formula is C22H25N5O2. The Balaban J connectivity index is 1.40. The molecule has 0 bridgehead atoms. The molecule has 1 amide bonds. The number of hydrogen-bond acceptors (Lipinski definition) is 4. The van der Waals surface area contributed by atoms with Crippen molar-refractivity contribution in [2.45, 2.75) is 38.6 Å². The zero-order valence-corrected chi connectivity index (χ0v) is 16.8. The van der Waals surface area contributed by atoms with E-state index in [9.17, 15) is 9.59 Å². The van der Waals surface area contributed by atoms with Crippen LogP contribution < -0.4 is 10.9 Å². The van der Waals surface area contributed by atoms with E-state index >= 15 is 0 Å². The highest BCUT2D eigenvalue weighted by Gasteiger charge is 2.25. The third kappa shape index (κ3) is 4.29. The summed E-state index contributed by atoms with van der Waals surface area (Å²) in [6, 6.07) is 13.3. The number of nitrogens with one attached hydrogen (secondary N) is 1. The van der Waals surface area contributed by atoms with E-state index in [0.717, 1.165) is 36.2 Å². The number of nitrogens with zero attached hydrogens (tertiary/aromatic N) is 4. The molecule has 7 heteroatoms. The van der Waals surface area contributed by atoms with E-state index in [1.54, 1.807) is 29.9 Å². The minimum atomic E-state index is -0.220. The SMILES string of the molecule is CCc1ccc(-c2cc(C(=O)NCCn3nc(C4CC4)ccc3=O)n(C)n2)cc1. The Bertz CT molecular complexity index is 1080. The fourth-order valence-corrected chi connectivity index (χ4v) is 3.32. The van der Waals surface area contributed by atoms with Gasteiger partial charge < -0.3 is 5.32 Å². The molecule has 0 atom stereocenters. The van der Waals surface area contributed by atoms with Crippen LogP contribution in [-0.4, -0.2) is 32.0 Å². The molecule has 150 valence electrons. The summed E-state index contributed by atoms with van der Waals surface area (Å²) in [6.45, 7) is 2.78. The summed E-state index contributed by atoms with van der Waals surface area (Å²) < 4.78 is 3.01. The molecule has 0 unspecified atom stereocenters. The second kappa shape index (κ2) is 8.03. The topological polar surface area (TPSA) is 81.8 Å². The number of carbonyl (C=O) groups is 1. The van der Waals surface area contributed by atoms with Crippen LogP contribution in [0.25, 0.3) is 11.3 Å². The van der Waals surface area contributed by atoms with E-state index in [0.29, 0.717) is 24.7 Å². The highest BCUT2D eigenvalue weighted by atomic mass is 16.2. The monoisotopic (exact) mass is 391 g/mol. The van der Waals surface area contributed by atoms with Gasteiger partial charge in [-0.1, -0.05) is 31.2 Å². The number of aromatic nitrogens is 4. The van der Waals surface area contributed by atoms with Gasteiger partial charge in [0.2, 0.25) is 0 Å². The molecule has 2 aromatic heterocycles. The number of hydrogen-bond donors (Lipinski definition) is 1. The van der Waals surface area contributed by atoms with E-state index in [-0.39, 0.29) is 11.5 Å². The van der Waals surface area contributed by atoms with Crippen LogP contribution in [0.5, 0.6) is 0 Å². The van der Waals surface area contributed by atoms with Crippen LogP contribution in [-0.2, 0) is 20.0 Å². The van der Waals surface area contributed by atoms with Crippen molar-refractivity contribution in [1.29, 1.82) is 0 Å². The molecule has 1 aromatic carbocycles. The maximum absolute atomic E-state index is 12.6. The summed E-state index contributed by atoms with van der Waals surface area (Å²) in [5.41, 5.74) is 4.28. The summed E-state index contributed by atoms with van der Waals surface area (Å²) in [6.07, 6.45) is 3.25. The second-order valence-electron chi connectivity index (χ2n) is 7.44. The minimum absolute atomic E-state index is 0.151. The van der Waals surface area contributed by atoms with Gasteiger partial charge in [-0.05, 0) is 37.0 Å². The van der Waals surface area contributed by atoms with Gasteiger partial charge in [0, 0.05) is 31.1 Å². The normalized spacial score (nSPS) is 13.4. The average Bonchev–Trinajstić information content (AvgIpc) is 3.51. The molecular weight excluding hydrogens is 366 g/mol. The van der Waals surface area contributed by atoms with Crippen LogP contribution in [0.4, 0.5) is 0 Å². The van der Waals surface area contributed by atoms with Crippen molar-refractivity contribution in [2.24, 2.45) is 7.05 Å². The number of aryl methyl sites for hydroxylation is 2. The predicted octanol–water partition coefficient (Wildman–Crippen LogP) is 2.51. The molecule has 1 fully saturated rings. The number of benzene rings is 1. The predicted molar refractivity (Wildman–Crippen MR) is 111 cm³/mol. The summed E-state index contributed by atoms with van der Waals surface area (Å²) in [5, 5.41) is 11.7. The standard InChI is InChI=1S/C22H25N5O2/c1-3-15-4-6-17(7-5-15)19-14-20(26(2)24-19)22(29)23-12-13-27-21(28)11-10-18(25-27)16-8-9-16/h4-7,10-11,14,16H,3,8-9,12-13H2,1-2H3,(H,23,29). The van der Waals surface area contributed by atoms with Crippen LogP contribution in [0.2, 0.25) is 0 Å². The van der Waals surface area contributed by atoms with Gasteiger partial charge in [-0.3, -0.25) is 14.3 Å². The second-order valence-corrected chi connectivity index (χ2v) is 7.44. The minimum Gasteiger partial charge on any atom is -0.349 e. The van der Waals surface area contributed by atoms with Crippen molar-refractivity contribution < 1.29 is 4.79 Å². The molecule has 1 N–H and O–H groups in total. The number of amides is 1. The van der Waals surface area contributed by atoms with E-state index in [4.69, 9.17) is 0 Å². The van der Waals surface area contributed by atoms with E-state index in [1.807, 2.05) is 12.1 Å². The molecule has 4 rings (SSSR count). The van der Waals surface area contributed by atoms with Crippen molar-refractivity contribution in [3.05, 3.63) is 69.8 Å². The van der Waals surface area contributed by atoms with Gasteiger partial charge in [-0.15, -0.1) is 0 Å². The molecule has 0 aliphatic heterocycles. The lowest BCUT2D eigenvalue weighted by atomic mass is 10.1. The Kier molecular flexibility index (Phi) is 5.29. The molecule has 3 aromatic rings. The maximum atomic E-state index is 12.6. The zero-order chi connectivity index (χ0) is 20.4. The van der Waals surface area contributed by atoms with Crippen LogP contribution in [0, 0.1) is 0 Å². The summed E-state index contributed by atoms with van der Waals surface area (Å²) in [7, 11) is 1.75. The van der Waals surface area contributed by atoms with E-state index in [1.165, 1.54) is 10.2 Å². The van der Waals surface area contributed by atoms with Crippen molar-refractivity contribution >= 4 is 5.91 Å². The lowest BCUT2D eigenvalue weighted by Gasteiger charge is -2.08. The summed E-state index contributed by atoms with van der Waals surface area (Å²) in [4.78, 5) is 24.6. The lowest BCUT2D eigenvalue weighted by Crippen LogP contribution is -2.33. The molecule has 2 heterocycles. The van der Waals surface area contributed by atoms with Crippen LogP contribution in [0.15, 0.2) is 47.3 Å². The Labute approximate surface area is 169 Å². The Morgan fingerprint density at radius 1 is 1.14 bits per heavy atom. The fourth-order valence-electron chi connectivity index (χ4n) is 3.32. The Morgan fingerprint density at radius 3 is 2.59 bits per heavy atom. The maximum Gasteiger partial charge on any atom is 0.269 e. The van der Waals surface area contributed by atoms with Crippen molar-refractivity contribution in [1.82, 2.24) is 24.9 Å². The third-order valence-electron chi connectivity index (χ3n) is 5.26. The summed E-state index contributed by atoms with van der Waals surface area (Å²) in [5.74, 6) is 0.263. The molecule has 7 nitrogen and oxygen atoms in total. The quantitative estimate of drug-likeness (QED) is 0.671. The first kappa shape index (κ1) is 19.1. The largest absolute Gasteiger partial charge is 0.349 e. The van der Waals surface area contributed by atoms with Gasteiger partial charge >= 0.3 is 0 Å². The molecule has 1 aliphatic rings.